The number of carboxylic acids is 1. The summed E-state index contributed by atoms with van der Waals surface area (Å²) in [6, 6.07) is 14.9. The molecule has 0 aliphatic heterocycles. The number of methoxy groups -OCH3 is 1. The quantitative estimate of drug-likeness (QED) is 0.487. The minimum atomic E-state index is -1.63. The van der Waals surface area contributed by atoms with E-state index in [1.54, 1.807) is 12.1 Å². The lowest BCUT2D eigenvalue weighted by molar-refractivity contribution is -0.146. The molecule has 2 aromatic rings. The number of aliphatic hydroxyl groups is 1. The van der Waals surface area contributed by atoms with Crippen molar-refractivity contribution < 1.29 is 24.5 Å². The van der Waals surface area contributed by atoms with Gasteiger partial charge in [-0.2, -0.15) is 0 Å². The van der Waals surface area contributed by atoms with Crippen LogP contribution in [0.25, 0.3) is 5.76 Å². The standard InChI is InChI=1S/C18H16O5/c1-23-17-8-7-13(9-12-5-3-2-4-6-12)10-14(17)15(19)11-16(20)18(21)22/h2-8,10-11,19H,9H2,1H3,(H,21,22)/b15-11-. The fraction of sp³-hybridized carbons (Fsp3) is 0.111. The van der Waals surface area contributed by atoms with Gasteiger partial charge in [0.2, 0.25) is 0 Å². The van der Waals surface area contributed by atoms with Crippen LogP contribution in [0.2, 0.25) is 0 Å². The van der Waals surface area contributed by atoms with Gasteiger partial charge in [-0.05, 0) is 29.7 Å². The lowest BCUT2D eigenvalue weighted by Crippen LogP contribution is -2.09. The van der Waals surface area contributed by atoms with Gasteiger partial charge >= 0.3 is 5.97 Å². The number of benzene rings is 2. The molecule has 5 nitrogen and oxygen atoms in total. The molecule has 0 spiro atoms. The lowest BCUT2D eigenvalue weighted by Gasteiger charge is -2.10. The van der Waals surface area contributed by atoms with Crippen LogP contribution in [0.15, 0.2) is 54.6 Å². The van der Waals surface area contributed by atoms with E-state index in [1.165, 1.54) is 7.11 Å². The largest absolute Gasteiger partial charge is 0.507 e. The van der Waals surface area contributed by atoms with E-state index in [-0.39, 0.29) is 5.56 Å². The summed E-state index contributed by atoms with van der Waals surface area (Å²) in [7, 11) is 1.43. The average molecular weight is 312 g/mol. The number of hydrogen-bond donors (Lipinski definition) is 2. The fourth-order valence-electron chi connectivity index (χ4n) is 2.16. The van der Waals surface area contributed by atoms with E-state index < -0.39 is 17.5 Å². The van der Waals surface area contributed by atoms with Gasteiger partial charge in [-0.15, -0.1) is 0 Å². The maximum atomic E-state index is 11.2. The molecule has 23 heavy (non-hydrogen) atoms. The van der Waals surface area contributed by atoms with Gasteiger partial charge in [0.05, 0.1) is 12.7 Å². The van der Waals surface area contributed by atoms with Crippen LogP contribution in [-0.4, -0.2) is 29.1 Å². The molecule has 0 amide bonds. The molecule has 0 unspecified atom stereocenters. The summed E-state index contributed by atoms with van der Waals surface area (Å²) in [5.41, 5.74) is 2.26. The molecule has 118 valence electrons. The van der Waals surface area contributed by atoms with Gasteiger partial charge in [-0.3, -0.25) is 4.79 Å². The summed E-state index contributed by atoms with van der Waals surface area (Å²) in [4.78, 5) is 21.8. The number of carboxylic acid groups (broad SMARTS) is 1. The Morgan fingerprint density at radius 3 is 2.35 bits per heavy atom. The van der Waals surface area contributed by atoms with Gasteiger partial charge in [-0.1, -0.05) is 36.4 Å². The number of aliphatic carboxylic acids is 1. The van der Waals surface area contributed by atoms with Crippen LogP contribution in [-0.2, 0) is 16.0 Å². The Labute approximate surface area is 133 Å². The van der Waals surface area contributed by atoms with Crippen LogP contribution < -0.4 is 4.74 Å². The van der Waals surface area contributed by atoms with Crippen LogP contribution in [0.1, 0.15) is 16.7 Å². The molecule has 0 atom stereocenters. The minimum Gasteiger partial charge on any atom is -0.507 e. The number of hydrogen-bond acceptors (Lipinski definition) is 4. The Morgan fingerprint density at radius 1 is 1.04 bits per heavy atom. The highest BCUT2D eigenvalue weighted by molar-refractivity contribution is 6.38. The van der Waals surface area contributed by atoms with Gasteiger partial charge in [0.1, 0.15) is 11.5 Å². The van der Waals surface area contributed by atoms with Gasteiger partial charge in [0.15, 0.2) is 0 Å². The maximum absolute atomic E-state index is 11.2. The highest BCUT2D eigenvalue weighted by Gasteiger charge is 2.14. The molecule has 5 heteroatoms. The predicted molar refractivity (Wildman–Crippen MR) is 85.5 cm³/mol. The number of carbonyl (C=O) groups is 2. The van der Waals surface area contributed by atoms with Gasteiger partial charge in [-0.25, -0.2) is 4.79 Å². The number of aliphatic hydroxyl groups excluding tert-OH is 1. The summed E-state index contributed by atoms with van der Waals surface area (Å²) in [5, 5.41) is 18.7. The second-order valence-corrected chi connectivity index (χ2v) is 4.90. The van der Waals surface area contributed by atoms with Crippen molar-refractivity contribution in [1.82, 2.24) is 0 Å². The summed E-state index contributed by atoms with van der Waals surface area (Å²) in [5.74, 6) is -2.91. The third kappa shape index (κ3) is 4.20. The van der Waals surface area contributed by atoms with Gasteiger partial charge in [0.25, 0.3) is 5.78 Å². The van der Waals surface area contributed by atoms with E-state index in [2.05, 4.69) is 0 Å². The van der Waals surface area contributed by atoms with E-state index in [0.29, 0.717) is 18.2 Å². The molecule has 0 heterocycles. The molecule has 2 N–H and O–H groups in total. The molecular weight excluding hydrogens is 296 g/mol. The molecule has 0 saturated carbocycles. The van der Waals surface area contributed by atoms with E-state index >= 15 is 0 Å². The highest BCUT2D eigenvalue weighted by atomic mass is 16.5. The van der Waals surface area contributed by atoms with E-state index in [0.717, 1.165) is 11.1 Å². The molecule has 2 aromatic carbocycles. The first-order valence-electron chi connectivity index (χ1n) is 6.90. The monoisotopic (exact) mass is 312 g/mol. The van der Waals surface area contributed by atoms with Crippen LogP contribution >= 0.6 is 0 Å². The summed E-state index contributed by atoms with van der Waals surface area (Å²) in [6.45, 7) is 0. The van der Waals surface area contributed by atoms with Crippen molar-refractivity contribution in [3.05, 3.63) is 71.3 Å². The first-order chi connectivity index (χ1) is 11.0. The molecule has 0 bridgehead atoms. The number of rotatable bonds is 6. The Balaban J connectivity index is 2.36. The zero-order chi connectivity index (χ0) is 16.8. The van der Waals surface area contributed by atoms with E-state index in [9.17, 15) is 14.7 Å². The Morgan fingerprint density at radius 2 is 1.74 bits per heavy atom. The first kappa shape index (κ1) is 16.3. The summed E-state index contributed by atoms with van der Waals surface area (Å²) >= 11 is 0. The summed E-state index contributed by atoms with van der Waals surface area (Å²) in [6.07, 6.45) is 1.31. The average Bonchev–Trinajstić information content (AvgIpc) is 2.55. The maximum Gasteiger partial charge on any atom is 0.376 e. The third-order valence-electron chi connectivity index (χ3n) is 3.27. The van der Waals surface area contributed by atoms with Crippen molar-refractivity contribution in [3.63, 3.8) is 0 Å². The minimum absolute atomic E-state index is 0.274. The Kier molecular flexibility index (Phi) is 5.15. The second-order valence-electron chi connectivity index (χ2n) is 4.90. The third-order valence-corrected chi connectivity index (χ3v) is 3.27. The topological polar surface area (TPSA) is 83.8 Å². The summed E-state index contributed by atoms with van der Waals surface area (Å²) < 4.78 is 5.15. The number of ether oxygens (including phenoxy) is 1. The van der Waals surface area contributed by atoms with Crippen molar-refractivity contribution in [2.24, 2.45) is 0 Å². The molecular formula is C18H16O5. The zero-order valence-electron chi connectivity index (χ0n) is 12.5. The second kappa shape index (κ2) is 7.26. The molecule has 0 aliphatic carbocycles. The molecule has 0 saturated heterocycles. The van der Waals surface area contributed by atoms with Crippen molar-refractivity contribution in [3.8, 4) is 5.75 Å². The fourth-order valence-corrected chi connectivity index (χ4v) is 2.16. The number of ketones is 1. The van der Waals surface area contributed by atoms with Crippen molar-refractivity contribution in [1.29, 1.82) is 0 Å². The van der Waals surface area contributed by atoms with E-state index in [1.807, 2.05) is 36.4 Å². The smallest absolute Gasteiger partial charge is 0.376 e. The van der Waals surface area contributed by atoms with Crippen molar-refractivity contribution >= 4 is 17.5 Å². The van der Waals surface area contributed by atoms with Gasteiger partial charge in [0, 0.05) is 6.08 Å². The lowest BCUT2D eigenvalue weighted by atomic mass is 10.0. The molecule has 0 aliphatic rings. The Bertz CT molecular complexity index is 747. The normalized spacial score (nSPS) is 11.1. The predicted octanol–water partition coefficient (Wildman–Crippen LogP) is 2.84. The van der Waals surface area contributed by atoms with Crippen LogP contribution in [0.3, 0.4) is 0 Å². The van der Waals surface area contributed by atoms with Crippen LogP contribution in [0.4, 0.5) is 0 Å². The van der Waals surface area contributed by atoms with Gasteiger partial charge < -0.3 is 14.9 Å². The van der Waals surface area contributed by atoms with Crippen LogP contribution in [0, 0.1) is 0 Å². The highest BCUT2D eigenvalue weighted by Crippen LogP contribution is 2.26. The number of carbonyl (C=O) groups excluding carboxylic acids is 1. The molecule has 0 fully saturated rings. The van der Waals surface area contributed by atoms with Crippen molar-refractivity contribution in [2.75, 3.05) is 7.11 Å². The zero-order valence-corrected chi connectivity index (χ0v) is 12.5. The molecule has 0 radical (unpaired) electrons. The SMILES string of the molecule is COc1ccc(Cc2ccccc2)cc1/C(O)=C/C(=O)C(=O)O. The van der Waals surface area contributed by atoms with E-state index in [4.69, 9.17) is 9.84 Å². The van der Waals surface area contributed by atoms with Crippen LogP contribution in [0.5, 0.6) is 5.75 Å². The first-order valence-corrected chi connectivity index (χ1v) is 6.90. The molecule has 0 aromatic heterocycles. The Hall–Kier alpha value is -3.08. The molecule has 2 rings (SSSR count). The van der Waals surface area contributed by atoms with Crippen molar-refractivity contribution in [2.45, 2.75) is 6.42 Å².